The smallest absolute Gasteiger partial charge is 0.267 e. The van der Waals surface area contributed by atoms with E-state index < -0.39 is 4.92 Å². The van der Waals surface area contributed by atoms with Gasteiger partial charge in [0.25, 0.3) is 11.2 Å². The average Bonchev–Trinajstić information content (AvgIpc) is 3.02. The summed E-state index contributed by atoms with van der Waals surface area (Å²) in [5.74, 6) is 0.600. The summed E-state index contributed by atoms with van der Waals surface area (Å²) in [7, 11) is 0. The molecule has 0 unspecified atom stereocenters. The molecule has 7 nitrogen and oxygen atoms in total. The number of thiophene rings is 1. The van der Waals surface area contributed by atoms with Gasteiger partial charge >= 0.3 is 0 Å². The van der Waals surface area contributed by atoms with Crippen LogP contribution >= 0.6 is 11.3 Å². The highest BCUT2D eigenvalue weighted by Crippen LogP contribution is 2.41. The van der Waals surface area contributed by atoms with Crippen LogP contribution in [-0.2, 0) is 19.4 Å². The lowest BCUT2D eigenvalue weighted by atomic mass is 9.72. The Hall–Kier alpha value is -2.61. The van der Waals surface area contributed by atoms with Crippen LogP contribution in [0.3, 0.4) is 0 Å². The molecule has 0 radical (unpaired) electrons. The quantitative estimate of drug-likeness (QED) is 0.492. The summed E-state index contributed by atoms with van der Waals surface area (Å²) < 4.78 is 1.35. The largest absolute Gasteiger partial charge is 0.279 e. The zero-order valence-corrected chi connectivity index (χ0v) is 17.0. The maximum Gasteiger partial charge on any atom is 0.279 e. The standard InChI is InChI=1S/C20H22N4O3S/c1-20(2,3)13-6-9-15-16(10-13)28-18-17(15)19(25)23(22-21-18)11-12-4-7-14(8-5-12)24(26)27/h4-5,7-8,13H,6,9-11H2,1-3H3/t13-/m0/s1. The van der Waals surface area contributed by atoms with E-state index in [1.54, 1.807) is 23.5 Å². The number of nitro groups is 1. The summed E-state index contributed by atoms with van der Waals surface area (Å²) in [4.78, 5) is 25.4. The zero-order chi connectivity index (χ0) is 20.1. The van der Waals surface area contributed by atoms with Crippen molar-refractivity contribution in [1.82, 2.24) is 15.0 Å². The summed E-state index contributed by atoms with van der Waals surface area (Å²) in [6.07, 6.45) is 2.96. The van der Waals surface area contributed by atoms with Gasteiger partial charge in [-0.05, 0) is 41.7 Å². The first-order valence-corrected chi connectivity index (χ1v) is 10.2. The Kier molecular flexibility index (Phi) is 4.53. The molecule has 4 rings (SSSR count). The van der Waals surface area contributed by atoms with Crippen LogP contribution in [-0.4, -0.2) is 19.9 Å². The normalized spacial score (nSPS) is 16.9. The number of aryl methyl sites for hydroxylation is 1. The zero-order valence-electron chi connectivity index (χ0n) is 16.1. The molecule has 2 heterocycles. The van der Waals surface area contributed by atoms with Crippen LogP contribution in [0.25, 0.3) is 10.2 Å². The third-order valence-electron chi connectivity index (χ3n) is 5.64. The summed E-state index contributed by atoms with van der Waals surface area (Å²) in [6.45, 7) is 7.06. The van der Waals surface area contributed by atoms with E-state index in [1.165, 1.54) is 21.7 Å². The lowest BCUT2D eigenvalue weighted by Gasteiger charge is -2.33. The molecular formula is C20H22N4O3S. The van der Waals surface area contributed by atoms with Gasteiger partial charge in [0.15, 0.2) is 4.83 Å². The molecule has 0 amide bonds. The molecule has 1 aliphatic carbocycles. The second-order valence-electron chi connectivity index (χ2n) is 8.47. The van der Waals surface area contributed by atoms with E-state index in [1.807, 2.05) is 0 Å². The van der Waals surface area contributed by atoms with Crippen molar-refractivity contribution in [1.29, 1.82) is 0 Å². The SMILES string of the molecule is CC(C)(C)[C@H]1CCc2c(sc3nnn(Cc4ccc([N+](=O)[O-])cc4)c(=O)c23)C1. The van der Waals surface area contributed by atoms with E-state index in [9.17, 15) is 14.9 Å². The van der Waals surface area contributed by atoms with Crippen molar-refractivity contribution >= 4 is 27.2 Å². The van der Waals surface area contributed by atoms with Crippen molar-refractivity contribution in [3.8, 4) is 0 Å². The Morgan fingerprint density at radius 1 is 1.29 bits per heavy atom. The van der Waals surface area contributed by atoms with Crippen LogP contribution in [0.2, 0.25) is 0 Å². The number of hydrogen-bond donors (Lipinski definition) is 0. The topological polar surface area (TPSA) is 90.9 Å². The molecule has 0 saturated carbocycles. The van der Waals surface area contributed by atoms with E-state index in [0.717, 1.165) is 30.4 Å². The maximum absolute atomic E-state index is 13.1. The molecule has 0 bridgehead atoms. The highest BCUT2D eigenvalue weighted by molar-refractivity contribution is 7.18. The highest BCUT2D eigenvalue weighted by atomic mass is 32.1. The minimum Gasteiger partial charge on any atom is -0.267 e. The van der Waals surface area contributed by atoms with Crippen molar-refractivity contribution in [2.75, 3.05) is 0 Å². The molecule has 2 aromatic heterocycles. The Morgan fingerprint density at radius 2 is 2.00 bits per heavy atom. The van der Waals surface area contributed by atoms with Gasteiger partial charge in [-0.15, -0.1) is 16.4 Å². The number of hydrogen-bond acceptors (Lipinski definition) is 6. The number of non-ortho nitro benzene ring substituents is 1. The second-order valence-corrected chi connectivity index (χ2v) is 9.55. The lowest BCUT2D eigenvalue weighted by Crippen LogP contribution is -2.28. The molecule has 3 aromatic rings. The Bertz CT molecular complexity index is 1110. The van der Waals surface area contributed by atoms with E-state index >= 15 is 0 Å². The van der Waals surface area contributed by atoms with Crippen LogP contribution in [0.4, 0.5) is 5.69 Å². The molecule has 1 aromatic carbocycles. The van der Waals surface area contributed by atoms with Crippen molar-refractivity contribution < 1.29 is 4.92 Å². The third-order valence-corrected chi connectivity index (χ3v) is 6.78. The summed E-state index contributed by atoms with van der Waals surface area (Å²) in [5.41, 5.74) is 2.06. The fourth-order valence-electron chi connectivity index (χ4n) is 3.87. The van der Waals surface area contributed by atoms with Gasteiger partial charge < -0.3 is 0 Å². The third kappa shape index (κ3) is 3.32. The van der Waals surface area contributed by atoms with E-state index in [0.29, 0.717) is 16.1 Å². The van der Waals surface area contributed by atoms with Crippen LogP contribution < -0.4 is 5.56 Å². The van der Waals surface area contributed by atoms with Gasteiger partial charge in [0.05, 0.1) is 16.9 Å². The van der Waals surface area contributed by atoms with Crippen LogP contribution in [0.15, 0.2) is 29.1 Å². The number of fused-ring (bicyclic) bond motifs is 3. The lowest BCUT2D eigenvalue weighted by molar-refractivity contribution is -0.384. The fraction of sp³-hybridized carbons (Fsp3) is 0.450. The molecule has 1 atom stereocenters. The van der Waals surface area contributed by atoms with E-state index in [2.05, 4.69) is 31.1 Å². The van der Waals surface area contributed by atoms with Gasteiger partial charge in [0, 0.05) is 17.0 Å². The number of aromatic nitrogens is 3. The number of nitro benzene ring substituents is 1. The minimum absolute atomic E-state index is 0.0259. The van der Waals surface area contributed by atoms with E-state index in [4.69, 9.17) is 0 Å². The molecule has 28 heavy (non-hydrogen) atoms. The van der Waals surface area contributed by atoms with Gasteiger partial charge in [0.2, 0.25) is 0 Å². The van der Waals surface area contributed by atoms with Crippen LogP contribution in [0.5, 0.6) is 0 Å². The molecule has 8 heteroatoms. The molecule has 0 spiro atoms. The summed E-state index contributed by atoms with van der Waals surface area (Å²) in [5, 5.41) is 19.9. The first-order chi connectivity index (χ1) is 13.2. The van der Waals surface area contributed by atoms with Crippen LogP contribution in [0.1, 0.15) is 43.2 Å². The molecule has 0 saturated heterocycles. The van der Waals surface area contributed by atoms with Crippen molar-refractivity contribution in [3.05, 3.63) is 60.7 Å². The molecule has 0 aliphatic heterocycles. The van der Waals surface area contributed by atoms with E-state index in [-0.39, 0.29) is 23.2 Å². The molecule has 1 aliphatic rings. The number of rotatable bonds is 3. The molecule has 0 N–H and O–H groups in total. The molecular weight excluding hydrogens is 376 g/mol. The summed E-state index contributed by atoms with van der Waals surface area (Å²) in [6, 6.07) is 6.16. The fourth-order valence-corrected chi connectivity index (χ4v) is 5.10. The first kappa shape index (κ1) is 18.7. The predicted octanol–water partition coefficient (Wildman–Crippen LogP) is 3.96. The van der Waals surface area contributed by atoms with Crippen LogP contribution in [0, 0.1) is 21.4 Å². The number of nitrogens with zero attached hydrogens (tertiary/aromatic N) is 4. The van der Waals surface area contributed by atoms with Gasteiger partial charge in [-0.3, -0.25) is 14.9 Å². The average molecular weight is 398 g/mol. The molecule has 146 valence electrons. The maximum atomic E-state index is 13.1. The Morgan fingerprint density at radius 3 is 2.64 bits per heavy atom. The second kappa shape index (κ2) is 6.77. The van der Waals surface area contributed by atoms with Crippen molar-refractivity contribution in [2.45, 2.75) is 46.6 Å². The number of benzene rings is 1. The Balaban J connectivity index is 1.68. The van der Waals surface area contributed by atoms with Gasteiger partial charge in [0.1, 0.15) is 0 Å². The van der Waals surface area contributed by atoms with Gasteiger partial charge in [-0.1, -0.05) is 38.1 Å². The Labute approximate surface area is 166 Å². The monoisotopic (exact) mass is 398 g/mol. The summed E-state index contributed by atoms with van der Waals surface area (Å²) >= 11 is 1.59. The minimum atomic E-state index is -0.440. The molecule has 0 fully saturated rings. The van der Waals surface area contributed by atoms with Gasteiger partial charge in [-0.2, -0.15) is 0 Å². The van der Waals surface area contributed by atoms with Crippen molar-refractivity contribution in [2.24, 2.45) is 11.3 Å². The first-order valence-electron chi connectivity index (χ1n) is 9.35. The van der Waals surface area contributed by atoms with Gasteiger partial charge in [-0.25, -0.2) is 4.68 Å². The van der Waals surface area contributed by atoms with Crippen molar-refractivity contribution in [3.63, 3.8) is 0 Å². The highest BCUT2D eigenvalue weighted by Gasteiger charge is 2.31. The predicted molar refractivity (Wildman–Crippen MR) is 109 cm³/mol.